The van der Waals surface area contributed by atoms with Gasteiger partial charge in [0.1, 0.15) is 28.4 Å². The monoisotopic (exact) mass is 317 g/mol. The van der Waals surface area contributed by atoms with Crippen LogP contribution < -0.4 is 0 Å². The molecule has 2 aromatic rings. The van der Waals surface area contributed by atoms with Crippen LogP contribution in [-0.4, -0.2) is 24.7 Å². The van der Waals surface area contributed by atoms with Crippen molar-refractivity contribution in [3.05, 3.63) is 33.8 Å². The Balaban J connectivity index is 2.25. The van der Waals surface area contributed by atoms with Crippen molar-refractivity contribution >= 4 is 31.9 Å². The van der Waals surface area contributed by atoms with E-state index in [9.17, 15) is 0 Å². The Morgan fingerprint density at radius 2 is 1.93 bits per heavy atom. The molecule has 0 aliphatic heterocycles. The number of aromatic nitrogens is 5. The molecule has 0 N–H and O–H groups in total. The van der Waals surface area contributed by atoms with Crippen LogP contribution in [0.3, 0.4) is 0 Å². The van der Waals surface area contributed by atoms with Gasteiger partial charge >= 0.3 is 0 Å². The first-order valence-corrected chi connectivity index (χ1v) is 5.34. The summed E-state index contributed by atoms with van der Waals surface area (Å²) in [7, 11) is 0. The van der Waals surface area contributed by atoms with Crippen LogP contribution in [0, 0.1) is 0 Å². The first-order chi connectivity index (χ1) is 6.74. The molecular formula is C7H5Br2N5. The van der Waals surface area contributed by atoms with Crippen LogP contribution in [0.2, 0.25) is 0 Å². The highest BCUT2D eigenvalue weighted by molar-refractivity contribution is 9.11. The third-order valence-electron chi connectivity index (χ3n) is 1.48. The molecule has 0 fully saturated rings. The average Bonchev–Trinajstić information content (AvgIpc) is 2.54. The molecule has 72 valence electrons. The fraction of sp³-hybridized carbons (Fsp3) is 0.143. The maximum Gasteiger partial charge on any atom is 0.152 e. The minimum atomic E-state index is 0.512. The Kier molecular flexibility index (Phi) is 2.87. The van der Waals surface area contributed by atoms with Crippen molar-refractivity contribution in [3.8, 4) is 0 Å². The highest BCUT2D eigenvalue weighted by atomic mass is 79.9. The van der Waals surface area contributed by atoms with E-state index >= 15 is 0 Å². The molecule has 0 aromatic carbocycles. The lowest BCUT2D eigenvalue weighted by Crippen LogP contribution is -2.05. The van der Waals surface area contributed by atoms with Crippen LogP contribution in [0.15, 0.2) is 27.9 Å². The molecule has 0 radical (unpaired) electrons. The number of halogens is 2. The van der Waals surface area contributed by atoms with Gasteiger partial charge in [-0.1, -0.05) is 0 Å². The van der Waals surface area contributed by atoms with Gasteiger partial charge in [0.05, 0.1) is 0 Å². The topological polar surface area (TPSA) is 56.5 Å². The van der Waals surface area contributed by atoms with Crippen molar-refractivity contribution in [2.45, 2.75) is 6.54 Å². The number of rotatable bonds is 2. The summed E-state index contributed by atoms with van der Waals surface area (Å²) in [5, 5.41) is 3.97. The number of hydrogen-bond donors (Lipinski definition) is 0. The summed E-state index contributed by atoms with van der Waals surface area (Å²) >= 11 is 6.58. The van der Waals surface area contributed by atoms with Gasteiger partial charge in [0.2, 0.25) is 0 Å². The Hall–Kier alpha value is -0.820. The van der Waals surface area contributed by atoms with Gasteiger partial charge in [0.15, 0.2) is 5.82 Å². The van der Waals surface area contributed by atoms with E-state index in [1.165, 1.54) is 6.33 Å². The van der Waals surface area contributed by atoms with Crippen LogP contribution in [0.5, 0.6) is 0 Å². The molecular weight excluding hydrogens is 314 g/mol. The molecule has 0 saturated carbocycles. The van der Waals surface area contributed by atoms with Gasteiger partial charge in [0.25, 0.3) is 0 Å². The van der Waals surface area contributed by atoms with E-state index in [2.05, 4.69) is 51.9 Å². The molecule has 0 bridgehead atoms. The van der Waals surface area contributed by atoms with E-state index in [4.69, 9.17) is 0 Å². The Labute approximate surface area is 96.9 Å². The summed E-state index contributed by atoms with van der Waals surface area (Å²) < 4.78 is 3.15. The maximum absolute atomic E-state index is 4.20. The average molecular weight is 319 g/mol. The first-order valence-electron chi connectivity index (χ1n) is 3.75. The summed E-state index contributed by atoms with van der Waals surface area (Å²) in [5.74, 6) is 0.678. The second-order valence-electron chi connectivity index (χ2n) is 2.52. The summed E-state index contributed by atoms with van der Waals surface area (Å²) in [6, 6.07) is 1.78. The Morgan fingerprint density at radius 3 is 2.50 bits per heavy atom. The third-order valence-corrected chi connectivity index (χ3v) is 2.29. The Morgan fingerprint density at radius 1 is 1.21 bits per heavy atom. The van der Waals surface area contributed by atoms with Crippen molar-refractivity contribution in [2.75, 3.05) is 0 Å². The van der Waals surface area contributed by atoms with Crippen LogP contribution in [0.1, 0.15) is 5.82 Å². The summed E-state index contributed by atoms with van der Waals surface area (Å²) in [4.78, 5) is 12.2. The molecule has 0 unspecified atom stereocenters. The van der Waals surface area contributed by atoms with E-state index in [-0.39, 0.29) is 0 Å². The molecule has 0 spiro atoms. The maximum atomic E-state index is 4.20. The predicted octanol–water partition coefficient (Wildman–Crippen LogP) is 1.64. The molecule has 5 nitrogen and oxygen atoms in total. The van der Waals surface area contributed by atoms with Crippen LogP contribution in [0.4, 0.5) is 0 Å². The predicted molar refractivity (Wildman–Crippen MR) is 56.6 cm³/mol. The Bertz CT molecular complexity index is 407. The number of nitrogens with zero attached hydrogens (tertiary/aromatic N) is 5. The van der Waals surface area contributed by atoms with Crippen LogP contribution in [0.25, 0.3) is 0 Å². The molecule has 0 aliphatic rings. The lowest BCUT2D eigenvalue weighted by Gasteiger charge is -2.00. The normalized spacial score (nSPS) is 10.4. The minimum Gasteiger partial charge on any atom is -0.245 e. The van der Waals surface area contributed by atoms with Gasteiger partial charge in [-0.2, -0.15) is 5.10 Å². The second-order valence-corrected chi connectivity index (χ2v) is 4.15. The molecule has 0 amide bonds. The van der Waals surface area contributed by atoms with Gasteiger partial charge in [-0.3, -0.25) is 0 Å². The second kappa shape index (κ2) is 4.14. The first kappa shape index (κ1) is 9.72. The van der Waals surface area contributed by atoms with Crippen molar-refractivity contribution in [1.29, 1.82) is 0 Å². The molecule has 0 aliphatic carbocycles. The molecule has 0 saturated heterocycles. The molecule has 2 aromatic heterocycles. The largest absolute Gasteiger partial charge is 0.245 e. The zero-order valence-electron chi connectivity index (χ0n) is 6.93. The highest BCUT2D eigenvalue weighted by Crippen LogP contribution is 2.13. The zero-order chi connectivity index (χ0) is 9.97. The number of hydrogen-bond acceptors (Lipinski definition) is 4. The van der Waals surface area contributed by atoms with Crippen molar-refractivity contribution < 1.29 is 0 Å². The van der Waals surface area contributed by atoms with E-state index in [1.54, 1.807) is 17.1 Å². The van der Waals surface area contributed by atoms with Gasteiger partial charge in [-0.25, -0.2) is 19.6 Å². The fourth-order valence-electron chi connectivity index (χ4n) is 0.964. The molecule has 2 heterocycles. The van der Waals surface area contributed by atoms with E-state index in [1.807, 2.05) is 0 Å². The molecule has 0 atom stereocenters. The van der Waals surface area contributed by atoms with Crippen LogP contribution in [-0.2, 0) is 6.54 Å². The molecule has 2 rings (SSSR count). The van der Waals surface area contributed by atoms with Gasteiger partial charge in [0, 0.05) is 6.07 Å². The van der Waals surface area contributed by atoms with Crippen molar-refractivity contribution in [1.82, 2.24) is 24.7 Å². The van der Waals surface area contributed by atoms with Gasteiger partial charge in [-0.15, -0.1) is 0 Å². The summed E-state index contributed by atoms with van der Waals surface area (Å²) in [6.45, 7) is 0.512. The van der Waals surface area contributed by atoms with Crippen LogP contribution >= 0.6 is 31.9 Å². The third kappa shape index (κ3) is 2.36. The van der Waals surface area contributed by atoms with Crippen molar-refractivity contribution in [2.24, 2.45) is 0 Å². The summed E-state index contributed by atoms with van der Waals surface area (Å²) in [6.07, 6.45) is 3.10. The molecule has 14 heavy (non-hydrogen) atoms. The fourth-order valence-corrected chi connectivity index (χ4v) is 2.11. The SMILES string of the molecule is Brc1cc(Br)nc(Cn2cncn2)n1. The summed E-state index contributed by atoms with van der Waals surface area (Å²) in [5.41, 5.74) is 0. The smallest absolute Gasteiger partial charge is 0.152 e. The minimum absolute atomic E-state index is 0.512. The van der Waals surface area contributed by atoms with E-state index < -0.39 is 0 Å². The lowest BCUT2D eigenvalue weighted by molar-refractivity contribution is 0.650. The lowest BCUT2D eigenvalue weighted by atomic mass is 10.5. The van der Waals surface area contributed by atoms with Gasteiger partial charge < -0.3 is 0 Å². The zero-order valence-corrected chi connectivity index (χ0v) is 10.1. The van der Waals surface area contributed by atoms with E-state index in [0.717, 1.165) is 9.21 Å². The van der Waals surface area contributed by atoms with Crippen molar-refractivity contribution in [3.63, 3.8) is 0 Å². The molecule has 7 heteroatoms. The van der Waals surface area contributed by atoms with Gasteiger partial charge in [-0.05, 0) is 31.9 Å². The highest BCUT2D eigenvalue weighted by Gasteiger charge is 2.02. The quantitative estimate of drug-likeness (QED) is 0.790. The standard InChI is InChI=1S/C7H5Br2N5/c8-5-1-6(9)13-7(12-5)2-14-4-10-3-11-14/h1,3-4H,2H2. The van der Waals surface area contributed by atoms with E-state index in [0.29, 0.717) is 12.4 Å².